The lowest BCUT2D eigenvalue weighted by Crippen LogP contribution is -2.29. The van der Waals surface area contributed by atoms with Crippen molar-refractivity contribution in [2.75, 3.05) is 26.4 Å². The average Bonchev–Trinajstić information content (AvgIpc) is 3.55. The Morgan fingerprint density at radius 1 is 0.360 bits per heavy atom. The van der Waals surface area contributed by atoms with Crippen molar-refractivity contribution < 1.29 is 37.6 Å². The summed E-state index contributed by atoms with van der Waals surface area (Å²) in [6.45, 7) is 3.71. The Bertz CT molecular complexity index is 1550. The third-order valence-corrected chi connectivity index (χ3v) is 18.0. The zero-order valence-corrected chi connectivity index (χ0v) is 58.0. The summed E-state index contributed by atoms with van der Waals surface area (Å²) in [6, 6.07) is 0. The van der Waals surface area contributed by atoms with E-state index < -0.39 is 26.5 Å². The number of allylic oxidation sites excluding steroid dienone is 8. The number of ether oxygens (including phenoxy) is 2. The van der Waals surface area contributed by atoms with Gasteiger partial charge in [-0.3, -0.25) is 18.6 Å². The molecule has 0 aromatic carbocycles. The molecule has 10 heteroatoms. The van der Waals surface area contributed by atoms with Crippen LogP contribution in [-0.4, -0.2) is 49.3 Å². The van der Waals surface area contributed by atoms with Crippen molar-refractivity contribution in [2.45, 2.75) is 399 Å². The van der Waals surface area contributed by atoms with Crippen LogP contribution < -0.4 is 5.73 Å². The fourth-order valence-corrected chi connectivity index (χ4v) is 12.2. The molecular weight excluding hydrogens is 1090 g/mol. The number of hydrogen-bond acceptors (Lipinski definition) is 8. The summed E-state index contributed by atoms with van der Waals surface area (Å²) in [5, 5.41) is 0. The number of hydrogen-bond donors (Lipinski definition) is 2. The number of phosphoric acid groups is 1. The molecule has 9 nitrogen and oxygen atoms in total. The first-order valence-corrected chi connectivity index (χ1v) is 39.1. The van der Waals surface area contributed by atoms with Crippen LogP contribution in [0.4, 0.5) is 0 Å². The maximum absolute atomic E-state index is 12.8. The van der Waals surface area contributed by atoms with Gasteiger partial charge in [0.2, 0.25) is 0 Å². The monoisotopic (exact) mass is 1230 g/mol. The number of nitrogens with two attached hydrogens (primary N) is 1. The molecule has 0 bridgehead atoms. The Labute approximate surface area is 534 Å². The van der Waals surface area contributed by atoms with E-state index in [9.17, 15) is 19.0 Å². The van der Waals surface area contributed by atoms with E-state index >= 15 is 0 Å². The quantitative estimate of drug-likeness (QED) is 0.0264. The highest BCUT2D eigenvalue weighted by molar-refractivity contribution is 7.47. The molecule has 0 heterocycles. The van der Waals surface area contributed by atoms with E-state index in [1.54, 1.807) is 0 Å². The fourth-order valence-electron chi connectivity index (χ4n) is 11.5. The molecule has 0 spiro atoms. The van der Waals surface area contributed by atoms with Crippen molar-refractivity contribution in [1.29, 1.82) is 0 Å². The molecule has 2 atom stereocenters. The number of esters is 2. The van der Waals surface area contributed by atoms with E-state index in [4.69, 9.17) is 24.3 Å². The maximum atomic E-state index is 12.8. The third kappa shape index (κ3) is 71.1. The van der Waals surface area contributed by atoms with Gasteiger partial charge in [0.15, 0.2) is 6.10 Å². The molecule has 0 aromatic rings. The largest absolute Gasteiger partial charge is 0.472 e. The minimum Gasteiger partial charge on any atom is -0.462 e. The molecule has 0 rings (SSSR count). The van der Waals surface area contributed by atoms with Gasteiger partial charge in [-0.15, -0.1) is 0 Å². The standard InChI is InChI=1S/C76H144NO8P/c1-3-5-7-9-11-13-15-17-19-21-23-25-27-29-31-33-34-35-36-37-38-39-41-42-44-46-48-50-52-54-56-58-60-62-64-66-68-75(78)82-72-74(73-84-86(80,81)83-71-70-77)85-76(79)69-67-65-63-61-59-57-55-53-51-49-47-45-43-40-32-30-28-26-24-22-20-18-16-14-12-10-8-6-4-2/h6,8,12,14,18,20,24,26,74H,3-5,7,9-11,13,15-17,19,21-23,25,27-73,77H2,1-2H3,(H,80,81)/b8-6-,14-12-,20-18-,26-24-. The summed E-state index contributed by atoms with van der Waals surface area (Å²) in [5.41, 5.74) is 5.41. The average molecular weight is 1230 g/mol. The minimum absolute atomic E-state index is 0.0551. The first kappa shape index (κ1) is 84.0. The van der Waals surface area contributed by atoms with Crippen molar-refractivity contribution in [3.05, 3.63) is 48.6 Å². The highest BCUT2D eigenvalue weighted by Gasteiger charge is 2.26. The van der Waals surface area contributed by atoms with E-state index in [-0.39, 0.29) is 38.6 Å². The lowest BCUT2D eigenvalue weighted by Gasteiger charge is -2.19. The van der Waals surface area contributed by atoms with Crippen LogP contribution in [0, 0.1) is 0 Å². The van der Waals surface area contributed by atoms with Crippen molar-refractivity contribution in [1.82, 2.24) is 0 Å². The van der Waals surface area contributed by atoms with Crippen LogP contribution in [0.15, 0.2) is 48.6 Å². The molecule has 0 aliphatic carbocycles. The molecule has 86 heavy (non-hydrogen) atoms. The highest BCUT2D eigenvalue weighted by Crippen LogP contribution is 2.43. The zero-order chi connectivity index (χ0) is 62.3. The molecule has 2 unspecified atom stereocenters. The summed E-state index contributed by atoms with van der Waals surface area (Å²) in [6.07, 6.45) is 92.4. The second-order valence-corrected chi connectivity index (χ2v) is 27.0. The maximum Gasteiger partial charge on any atom is 0.472 e. The summed E-state index contributed by atoms with van der Waals surface area (Å²) >= 11 is 0. The van der Waals surface area contributed by atoms with Crippen LogP contribution in [0.5, 0.6) is 0 Å². The van der Waals surface area contributed by atoms with Gasteiger partial charge in [-0.25, -0.2) is 4.57 Å². The second kappa shape index (κ2) is 72.0. The zero-order valence-electron chi connectivity index (χ0n) is 57.1. The third-order valence-electron chi connectivity index (χ3n) is 17.0. The molecule has 506 valence electrons. The topological polar surface area (TPSA) is 134 Å². The van der Waals surface area contributed by atoms with Gasteiger partial charge in [0.1, 0.15) is 6.61 Å². The Kier molecular flexibility index (Phi) is 70.3. The Balaban J connectivity index is 3.77. The van der Waals surface area contributed by atoms with Crippen LogP contribution in [0.25, 0.3) is 0 Å². The normalized spacial score (nSPS) is 13.1. The summed E-state index contributed by atoms with van der Waals surface area (Å²) in [7, 11) is -4.39. The van der Waals surface area contributed by atoms with Gasteiger partial charge in [-0.1, -0.05) is 377 Å². The number of carbonyl (C=O) groups is 2. The molecular formula is C76H144NO8P. The predicted molar refractivity (Wildman–Crippen MR) is 372 cm³/mol. The molecule has 0 aromatic heterocycles. The highest BCUT2D eigenvalue weighted by atomic mass is 31.2. The van der Waals surface area contributed by atoms with Gasteiger partial charge in [-0.05, 0) is 51.4 Å². The van der Waals surface area contributed by atoms with E-state index in [1.165, 1.54) is 295 Å². The number of rotatable bonds is 72. The van der Waals surface area contributed by atoms with Gasteiger partial charge >= 0.3 is 19.8 Å². The summed E-state index contributed by atoms with van der Waals surface area (Å²) in [5.74, 6) is -0.806. The second-order valence-electron chi connectivity index (χ2n) is 25.5. The van der Waals surface area contributed by atoms with E-state index in [2.05, 4.69) is 62.5 Å². The fraction of sp³-hybridized carbons (Fsp3) is 0.868. The number of unbranched alkanes of at least 4 members (excludes halogenated alkanes) is 51. The lowest BCUT2D eigenvalue weighted by atomic mass is 10.0. The van der Waals surface area contributed by atoms with Gasteiger partial charge < -0.3 is 20.1 Å². The van der Waals surface area contributed by atoms with Gasteiger partial charge in [0.25, 0.3) is 0 Å². The van der Waals surface area contributed by atoms with Crippen molar-refractivity contribution in [3.8, 4) is 0 Å². The van der Waals surface area contributed by atoms with Gasteiger partial charge in [-0.2, -0.15) is 0 Å². The van der Waals surface area contributed by atoms with Gasteiger partial charge in [0, 0.05) is 19.4 Å². The SMILES string of the molecule is CC/C=C\C/C=C\C/C=C\C/C=C\CCCCCCCCCCCCCCCCCCC(=O)OC(COC(=O)CCCCCCCCCCCCCCCCCCCCCCCCCCCCCCCCCCCCCC)COP(=O)(O)OCCN. The molecule has 0 saturated heterocycles. The molecule has 3 N–H and O–H groups in total. The molecule has 0 saturated carbocycles. The summed E-state index contributed by atoms with van der Waals surface area (Å²) in [4.78, 5) is 35.4. The van der Waals surface area contributed by atoms with Crippen molar-refractivity contribution in [3.63, 3.8) is 0 Å². The number of carbonyl (C=O) groups excluding carboxylic acids is 2. The van der Waals surface area contributed by atoms with E-state index in [1.807, 2.05) is 0 Å². The first-order valence-electron chi connectivity index (χ1n) is 37.6. The van der Waals surface area contributed by atoms with Crippen LogP contribution in [0.2, 0.25) is 0 Å². The Morgan fingerprint density at radius 2 is 0.640 bits per heavy atom. The van der Waals surface area contributed by atoms with Crippen molar-refractivity contribution in [2.24, 2.45) is 5.73 Å². The minimum atomic E-state index is -4.39. The number of phosphoric ester groups is 1. The van der Waals surface area contributed by atoms with Crippen LogP contribution in [0.3, 0.4) is 0 Å². The van der Waals surface area contributed by atoms with Crippen LogP contribution >= 0.6 is 7.82 Å². The summed E-state index contributed by atoms with van der Waals surface area (Å²) < 4.78 is 33.2. The molecule has 0 aliphatic heterocycles. The predicted octanol–water partition coefficient (Wildman–Crippen LogP) is 24.8. The Morgan fingerprint density at radius 3 is 0.953 bits per heavy atom. The molecule has 0 fully saturated rings. The Hall–Kier alpha value is -2.03. The van der Waals surface area contributed by atoms with Crippen LogP contribution in [-0.2, 0) is 32.7 Å². The van der Waals surface area contributed by atoms with Crippen LogP contribution in [0.1, 0.15) is 393 Å². The molecule has 0 radical (unpaired) electrons. The first-order chi connectivity index (χ1) is 42.3. The van der Waals surface area contributed by atoms with Gasteiger partial charge in [0.05, 0.1) is 13.2 Å². The molecule has 0 amide bonds. The smallest absolute Gasteiger partial charge is 0.462 e. The van der Waals surface area contributed by atoms with E-state index in [0.29, 0.717) is 6.42 Å². The van der Waals surface area contributed by atoms with Crippen molar-refractivity contribution >= 4 is 19.8 Å². The molecule has 0 aliphatic rings. The lowest BCUT2D eigenvalue weighted by molar-refractivity contribution is -0.161. The van der Waals surface area contributed by atoms with E-state index in [0.717, 1.165) is 64.2 Å².